The number of hydrogen-bond acceptors (Lipinski definition) is 2. The molecule has 0 saturated carbocycles. The molecule has 0 rings (SSSR count). The predicted molar refractivity (Wildman–Crippen MR) is 40.1 cm³/mol. The first kappa shape index (κ1) is 9.78. The summed E-state index contributed by atoms with van der Waals surface area (Å²) in [7, 11) is 0. The molecule has 1 N–H and O–H groups in total. The average molecular weight is 164 g/mol. The average Bonchev–Trinajstić information content (AvgIpc) is 1.81. The van der Waals surface area contributed by atoms with Gasteiger partial charge in [-0.1, -0.05) is 13.8 Å². The second-order valence-corrected chi connectivity index (χ2v) is 3.74. The van der Waals surface area contributed by atoms with Gasteiger partial charge < -0.3 is 9.35 Å². The maximum atomic E-state index is 10.3. The normalized spacial score (nSPS) is 16.8. The Morgan fingerprint density at radius 1 is 1.60 bits per heavy atom. The van der Waals surface area contributed by atoms with Crippen LogP contribution in [0.1, 0.15) is 20.3 Å². The van der Waals surface area contributed by atoms with Crippen molar-refractivity contribution in [3.8, 4) is 0 Å². The van der Waals surface area contributed by atoms with E-state index in [9.17, 15) is 9.00 Å². The molecule has 0 fully saturated rings. The van der Waals surface area contributed by atoms with Crippen LogP contribution in [0.3, 0.4) is 0 Å². The molecule has 0 aliphatic carbocycles. The molecule has 2 unspecified atom stereocenters. The first-order valence-electron chi connectivity index (χ1n) is 3.13. The van der Waals surface area contributed by atoms with E-state index in [4.69, 9.17) is 4.55 Å². The van der Waals surface area contributed by atoms with Crippen molar-refractivity contribution in [3.63, 3.8) is 0 Å². The fourth-order valence-electron chi connectivity index (χ4n) is 0.650. The van der Waals surface area contributed by atoms with E-state index < -0.39 is 16.3 Å². The molecule has 0 aliphatic heterocycles. The van der Waals surface area contributed by atoms with Gasteiger partial charge in [0.1, 0.15) is 11.5 Å². The first-order chi connectivity index (χ1) is 4.57. The highest BCUT2D eigenvalue weighted by Crippen LogP contribution is 2.06. The highest BCUT2D eigenvalue weighted by molar-refractivity contribution is 7.80. The Hall–Kier alpha value is -0.220. The monoisotopic (exact) mass is 164 g/mol. The van der Waals surface area contributed by atoms with Crippen molar-refractivity contribution in [2.75, 3.05) is 0 Å². The summed E-state index contributed by atoms with van der Waals surface area (Å²) in [6, 6.07) is 0. The third-order valence-electron chi connectivity index (χ3n) is 1.11. The second-order valence-electron chi connectivity index (χ2n) is 2.58. The van der Waals surface area contributed by atoms with E-state index in [1.54, 1.807) is 0 Å². The third-order valence-corrected chi connectivity index (χ3v) is 1.94. The van der Waals surface area contributed by atoms with E-state index in [2.05, 4.69) is 0 Å². The minimum atomic E-state index is -1.99. The number of carbonyl (C=O) groups excluding carboxylic acids is 1. The summed E-state index contributed by atoms with van der Waals surface area (Å²) < 4.78 is 18.8. The maximum absolute atomic E-state index is 10.3. The van der Waals surface area contributed by atoms with Gasteiger partial charge in [-0.05, 0) is 12.3 Å². The van der Waals surface area contributed by atoms with E-state index in [0.717, 1.165) is 0 Å². The first-order valence-corrected chi connectivity index (χ1v) is 4.30. The van der Waals surface area contributed by atoms with Gasteiger partial charge in [0, 0.05) is 0 Å². The SMILES string of the molecule is CC(C)CC(C=O)S(=O)O. The third kappa shape index (κ3) is 3.74. The molecule has 60 valence electrons. The van der Waals surface area contributed by atoms with Gasteiger partial charge in [-0.3, -0.25) is 0 Å². The molecule has 0 radical (unpaired) electrons. The zero-order valence-electron chi connectivity index (χ0n) is 6.11. The van der Waals surface area contributed by atoms with Gasteiger partial charge in [-0.2, -0.15) is 0 Å². The van der Waals surface area contributed by atoms with Gasteiger partial charge in [-0.15, -0.1) is 0 Å². The summed E-state index contributed by atoms with van der Waals surface area (Å²) >= 11 is -1.99. The molecule has 3 nitrogen and oxygen atoms in total. The smallest absolute Gasteiger partial charge is 0.163 e. The minimum absolute atomic E-state index is 0.284. The van der Waals surface area contributed by atoms with Gasteiger partial charge >= 0.3 is 0 Å². The van der Waals surface area contributed by atoms with Crippen LogP contribution < -0.4 is 0 Å². The van der Waals surface area contributed by atoms with Gasteiger partial charge in [0.25, 0.3) is 0 Å². The topological polar surface area (TPSA) is 54.4 Å². The maximum Gasteiger partial charge on any atom is 0.163 e. The highest BCUT2D eigenvalue weighted by atomic mass is 32.2. The quantitative estimate of drug-likeness (QED) is 0.494. The summed E-state index contributed by atoms with van der Waals surface area (Å²) in [5.41, 5.74) is 0. The van der Waals surface area contributed by atoms with E-state index in [1.807, 2.05) is 13.8 Å². The fourth-order valence-corrected chi connectivity index (χ4v) is 1.29. The molecule has 0 saturated heterocycles. The Morgan fingerprint density at radius 2 is 2.10 bits per heavy atom. The van der Waals surface area contributed by atoms with Gasteiger partial charge in [0.05, 0.1) is 0 Å². The van der Waals surface area contributed by atoms with Crippen LogP contribution in [0.5, 0.6) is 0 Å². The standard InChI is InChI=1S/C6H12O3S/c1-5(2)3-6(4-7)10(8)9/h4-6H,3H2,1-2H3,(H,8,9). The summed E-state index contributed by atoms with van der Waals surface area (Å²) in [5.74, 6) is 0.284. The Balaban J connectivity index is 3.83. The van der Waals surface area contributed by atoms with E-state index in [1.165, 1.54) is 0 Å². The van der Waals surface area contributed by atoms with Crippen molar-refractivity contribution in [1.29, 1.82) is 0 Å². The lowest BCUT2D eigenvalue weighted by atomic mass is 10.1. The molecule has 4 heteroatoms. The van der Waals surface area contributed by atoms with Crippen molar-refractivity contribution in [2.24, 2.45) is 5.92 Å². The van der Waals surface area contributed by atoms with Crippen molar-refractivity contribution in [2.45, 2.75) is 25.5 Å². The van der Waals surface area contributed by atoms with Gasteiger partial charge in [0.15, 0.2) is 11.1 Å². The zero-order chi connectivity index (χ0) is 8.15. The van der Waals surface area contributed by atoms with E-state index >= 15 is 0 Å². The highest BCUT2D eigenvalue weighted by Gasteiger charge is 2.14. The van der Waals surface area contributed by atoms with E-state index in [0.29, 0.717) is 12.7 Å². The number of hydrogen-bond donors (Lipinski definition) is 1. The van der Waals surface area contributed by atoms with Crippen molar-refractivity contribution >= 4 is 17.4 Å². The molecule has 0 aromatic rings. The summed E-state index contributed by atoms with van der Waals surface area (Å²) in [5, 5.41) is -0.708. The molecule has 0 spiro atoms. The van der Waals surface area contributed by atoms with E-state index in [-0.39, 0.29) is 5.92 Å². The Labute approximate surface area is 63.1 Å². The molecule has 0 heterocycles. The molecule has 0 aromatic heterocycles. The predicted octanol–water partition coefficient (Wildman–Crippen LogP) is 0.822. The molecular formula is C6H12O3S. The molecule has 10 heavy (non-hydrogen) atoms. The lowest BCUT2D eigenvalue weighted by molar-refractivity contribution is -0.107. The van der Waals surface area contributed by atoms with Crippen LogP contribution in [0.15, 0.2) is 0 Å². The van der Waals surface area contributed by atoms with Crippen LogP contribution in [0.4, 0.5) is 0 Å². The van der Waals surface area contributed by atoms with Crippen LogP contribution in [0, 0.1) is 5.92 Å². The van der Waals surface area contributed by atoms with Crippen molar-refractivity contribution in [3.05, 3.63) is 0 Å². The van der Waals surface area contributed by atoms with Crippen LogP contribution in [-0.2, 0) is 15.9 Å². The number of aldehydes is 1. The molecule has 2 atom stereocenters. The molecule has 0 aliphatic rings. The number of rotatable bonds is 4. The minimum Gasteiger partial charge on any atom is -0.306 e. The Bertz CT molecular complexity index is 133. The van der Waals surface area contributed by atoms with Gasteiger partial charge in [0.2, 0.25) is 0 Å². The number of carbonyl (C=O) groups is 1. The Kier molecular flexibility index (Phi) is 4.47. The lowest BCUT2D eigenvalue weighted by Gasteiger charge is -2.07. The second kappa shape index (κ2) is 4.57. The fraction of sp³-hybridized carbons (Fsp3) is 0.833. The van der Waals surface area contributed by atoms with Crippen LogP contribution >= 0.6 is 0 Å². The van der Waals surface area contributed by atoms with Crippen LogP contribution in [0.2, 0.25) is 0 Å². The molecule has 0 amide bonds. The molecule has 0 aromatic carbocycles. The largest absolute Gasteiger partial charge is 0.306 e. The Morgan fingerprint density at radius 3 is 2.20 bits per heavy atom. The lowest BCUT2D eigenvalue weighted by Crippen LogP contribution is -2.18. The van der Waals surface area contributed by atoms with Crippen molar-refractivity contribution < 1.29 is 13.6 Å². The molecular weight excluding hydrogens is 152 g/mol. The van der Waals surface area contributed by atoms with Crippen LogP contribution in [-0.4, -0.2) is 20.3 Å². The summed E-state index contributed by atoms with van der Waals surface area (Å²) in [6.45, 7) is 3.81. The van der Waals surface area contributed by atoms with Gasteiger partial charge in [-0.25, -0.2) is 4.21 Å². The zero-order valence-corrected chi connectivity index (χ0v) is 6.93. The van der Waals surface area contributed by atoms with Crippen molar-refractivity contribution in [1.82, 2.24) is 0 Å². The summed E-state index contributed by atoms with van der Waals surface area (Å²) in [4.78, 5) is 10.1. The summed E-state index contributed by atoms with van der Waals surface area (Å²) in [6.07, 6.45) is 1.02. The molecule has 0 bridgehead atoms. The van der Waals surface area contributed by atoms with Crippen LogP contribution in [0.25, 0.3) is 0 Å².